The number of amides is 1. The highest BCUT2D eigenvalue weighted by Crippen LogP contribution is 2.24. The average Bonchev–Trinajstić information content (AvgIpc) is 3.42. The van der Waals surface area contributed by atoms with E-state index in [4.69, 9.17) is 4.42 Å². The number of furan rings is 1. The highest BCUT2D eigenvalue weighted by molar-refractivity contribution is 14.0. The number of aromatic nitrogens is 2. The third kappa shape index (κ3) is 6.35. The van der Waals surface area contributed by atoms with Crippen LogP contribution in [0.4, 0.5) is 5.69 Å². The first-order valence-corrected chi connectivity index (χ1v) is 10.4. The Hall–Kier alpha value is -3.34. The summed E-state index contributed by atoms with van der Waals surface area (Å²) in [6.45, 7) is 3.32. The number of aryl methyl sites for hydroxylation is 1. The zero-order valence-corrected chi connectivity index (χ0v) is 20.9. The van der Waals surface area contributed by atoms with E-state index in [0.717, 1.165) is 33.5 Å². The molecule has 4 aromatic rings. The molecule has 2 aromatic carbocycles. The van der Waals surface area contributed by atoms with Gasteiger partial charge in [0.15, 0.2) is 5.96 Å². The lowest BCUT2D eigenvalue weighted by Crippen LogP contribution is -2.36. The number of para-hydroxylation sites is 1. The molecule has 0 fully saturated rings. The number of halogens is 1. The molecular formula is C24H27IN6O2. The molecule has 0 unspecified atom stereocenters. The summed E-state index contributed by atoms with van der Waals surface area (Å²) >= 11 is 0. The number of nitrogens with one attached hydrogen (secondary N) is 3. The normalized spacial score (nSPS) is 11.2. The van der Waals surface area contributed by atoms with Gasteiger partial charge in [0.1, 0.15) is 17.9 Å². The number of nitrogens with zero attached hydrogens (tertiary/aromatic N) is 3. The molecule has 0 aliphatic rings. The van der Waals surface area contributed by atoms with Crippen molar-refractivity contribution in [3.63, 3.8) is 0 Å². The van der Waals surface area contributed by atoms with Crippen molar-refractivity contribution < 1.29 is 9.21 Å². The van der Waals surface area contributed by atoms with Crippen LogP contribution in [0.1, 0.15) is 16.9 Å². The lowest BCUT2D eigenvalue weighted by Gasteiger charge is -2.12. The maximum Gasteiger partial charge on any atom is 0.246 e. The second kappa shape index (κ2) is 11.5. The van der Waals surface area contributed by atoms with Crippen molar-refractivity contribution in [3.05, 3.63) is 83.9 Å². The molecule has 0 spiro atoms. The number of hydrogen-bond donors (Lipinski definition) is 3. The highest BCUT2D eigenvalue weighted by Gasteiger charge is 2.10. The number of hydrogen-bond acceptors (Lipinski definition) is 4. The monoisotopic (exact) mass is 558 g/mol. The van der Waals surface area contributed by atoms with Gasteiger partial charge in [0, 0.05) is 42.6 Å². The smallest absolute Gasteiger partial charge is 0.246 e. The third-order valence-corrected chi connectivity index (χ3v) is 5.12. The molecule has 0 saturated heterocycles. The van der Waals surface area contributed by atoms with Crippen LogP contribution in [0.3, 0.4) is 0 Å². The van der Waals surface area contributed by atoms with Crippen LogP contribution in [0.2, 0.25) is 0 Å². The summed E-state index contributed by atoms with van der Waals surface area (Å²) in [6, 6.07) is 17.5. The Bertz CT molecular complexity index is 1230. The van der Waals surface area contributed by atoms with E-state index in [2.05, 4.69) is 39.0 Å². The minimum Gasteiger partial charge on any atom is -0.459 e. The summed E-state index contributed by atoms with van der Waals surface area (Å²) in [5, 5.41) is 14.7. The van der Waals surface area contributed by atoms with E-state index in [-0.39, 0.29) is 36.4 Å². The standard InChI is InChI=1S/C24H26N6O2.HI/c1-17-20-9-3-4-10-21(20)32-22(17)15-27-24(25-2)26-14-18-7-5-8-19(13-18)29-23(31)16-30-12-6-11-28-30;/h3-13H,14-16H2,1-2H3,(H,29,31)(H2,25,26,27);1H. The maximum atomic E-state index is 12.2. The molecule has 0 atom stereocenters. The van der Waals surface area contributed by atoms with E-state index in [0.29, 0.717) is 19.0 Å². The van der Waals surface area contributed by atoms with Gasteiger partial charge in [0.05, 0.1) is 6.54 Å². The molecule has 1 amide bonds. The zero-order valence-electron chi connectivity index (χ0n) is 18.5. The van der Waals surface area contributed by atoms with Crippen LogP contribution in [-0.2, 0) is 24.4 Å². The third-order valence-electron chi connectivity index (χ3n) is 5.12. The number of benzene rings is 2. The van der Waals surface area contributed by atoms with Crippen LogP contribution < -0.4 is 16.0 Å². The lowest BCUT2D eigenvalue weighted by atomic mass is 10.1. The van der Waals surface area contributed by atoms with Gasteiger partial charge in [0.25, 0.3) is 0 Å². The molecule has 4 rings (SSSR count). The summed E-state index contributed by atoms with van der Waals surface area (Å²) < 4.78 is 7.54. The van der Waals surface area contributed by atoms with Crippen molar-refractivity contribution in [1.29, 1.82) is 0 Å². The van der Waals surface area contributed by atoms with Gasteiger partial charge in [-0.25, -0.2) is 0 Å². The number of anilines is 1. The summed E-state index contributed by atoms with van der Waals surface area (Å²) in [7, 11) is 1.73. The first-order chi connectivity index (χ1) is 15.6. The summed E-state index contributed by atoms with van der Waals surface area (Å²) in [6.07, 6.45) is 3.40. The molecule has 172 valence electrons. The van der Waals surface area contributed by atoms with E-state index in [1.165, 1.54) is 0 Å². The lowest BCUT2D eigenvalue weighted by molar-refractivity contribution is -0.116. The van der Waals surface area contributed by atoms with Crippen LogP contribution >= 0.6 is 24.0 Å². The van der Waals surface area contributed by atoms with Gasteiger partial charge in [-0.1, -0.05) is 30.3 Å². The molecule has 0 radical (unpaired) electrons. The minimum absolute atomic E-state index is 0. The van der Waals surface area contributed by atoms with Crippen LogP contribution in [-0.4, -0.2) is 28.7 Å². The fourth-order valence-corrected chi connectivity index (χ4v) is 3.46. The number of carbonyl (C=O) groups excluding carboxylic acids is 1. The molecule has 8 nitrogen and oxygen atoms in total. The molecule has 2 aromatic heterocycles. The number of aliphatic imine (C=N–C) groups is 1. The Morgan fingerprint density at radius 3 is 2.67 bits per heavy atom. The van der Waals surface area contributed by atoms with E-state index >= 15 is 0 Å². The second-order valence-electron chi connectivity index (χ2n) is 7.38. The average molecular weight is 558 g/mol. The van der Waals surface area contributed by atoms with Crippen molar-refractivity contribution in [2.24, 2.45) is 4.99 Å². The molecule has 0 saturated carbocycles. The van der Waals surface area contributed by atoms with Crippen molar-refractivity contribution in [3.8, 4) is 0 Å². The van der Waals surface area contributed by atoms with Gasteiger partial charge in [0.2, 0.25) is 5.91 Å². The maximum absolute atomic E-state index is 12.2. The van der Waals surface area contributed by atoms with Crippen molar-refractivity contribution in [2.75, 3.05) is 12.4 Å². The second-order valence-corrected chi connectivity index (χ2v) is 7.38. The molecule has 3 N–H and O–H groups in total. The quantitative estimate of drug-likeness (QED) is 0.181. The highest BCUT2D eigenvalue weighted by atomic mass is 127. The molecule has 0 bridgehead atoms. The SMILES string of the molecule is CN=C(NCc1cccc(NC(=O)Cn2cccn2)c1)NCc1oc2ccccc2c1C.I. The Labute approximate surface area is 209 Å². The summed E-state index contributed by atoms with van der Waals surface area (Å²) in [5.41, 5.74) is 3.77. The van der Waals surface area contributed by atoms with Gasteiger partial charge >= 0.3 is 0 Å². The minimum atomic E-state index is -0.127. The molecule has 2 heterocycles. The number of guanidine groups is 1. The van der Waals surface area contributed by atoms with Crippen LogP contribution in [0.25, 0.3) is 11.0 Å². The van der Waals surface area contributed by atoms with Crippen LogP contribution in [0, 0.1) is 6.92 Å². The fourth-order valence-electron chi connectivity index (χ4n) is 3.46. The Kier molecular flexibility index (Phi) is 8.47. The van der Waals surface area contributed by atoms with Gasteiger partial charge in [-0.15, -0.1) is 24.0 Å². The van der Waals surface area contributed by atoms with Crippen LogP contribution in [0.5, 0.6) is 0 Å². The first-order valence-electron chi connectivity index (χ1n) is 10.4. The van der Waals surface area contributed by atoms with Crippen molar-refractivity contribution in [1.82, 2.24) is 20.4 Å². The topological polar surface area (TPSA) is 96.5 Å². The van der Waals surface area contributed by atoms with Gasteiger partial charge in [-0.2, -0.15) is 5.10 Å². The van der Waals surface area contributed by atoms with Gasteiger partial charge in [-0.3, -0.25) is 14.5 Å². The van der Waals surface area contributed by atoms with E-state index in [9.17, 15) is 4.79 Å². The molecule has 0 aliphatic carbocycles. The Morgan fingerprint density at radius 2 is 1.91 bits per heavy atom. The van der Waals surface area contributed by atoms with Crippen molar-refractivity contribution >= 4 is 52.5 Å². The number of carbonyl (C=O) groups is 1. The van der Waals surface area contributed by atoms with E-state index in [1.807, 2.05) is 42.5 Å². The predicted octanol–water partition coefficient (Wildman–Crippen LogP) is 4.06. The summed E-state index contributed by atoms with van der Waals surface area (Å²) in [5.74, 6) is 1.42. The Morgan fingerprint density at radius 1 is 1.09 bits per heavy atom. The molecule has 9 heteroatoms. The van der Waals surface area contributed by atoms with Gasteiger partial charge in [-0.05, 0) is 36.8 Å². The fraction of sp³-hybridized carbons (Fsp3) is 0.208. The Balaban J connectivity index is 0.00000306. The van der Waals surface area contributed by atoms with Gasteiger partial charge < -0.3 is 20.4 Å². The molecule has 0 aliphatic heterocycles. The largest absolute Gasteiger partial charge is 0.459 e. The van der Waals surface area contributed by atoms with Crippen LogP contribution in [0.15, 0.2) is 76.4 Å². The molecule has 33 heavy (non-hydrogen) atoms. The predicted molar refractivity (Wildman–Crippen MR) is 141 cm³/mol. The van der Waals surface area contributed by atoms with E-state index < -0.39 is 0 Å². The summed E-state index contributed by atoms with van der Waals surface area (Å²) in [4.78, 5) is 16.5. The number of fused-ring (bicyclic) bond motifs is 1. The van der Waals surface area contributed by atoms with Crippen molar-refractivity contribution in [2.45, 2.75) is 26.6 Å². The zero-order chi connectivity index (χ0) is 22.3. The van der Waals surface area contributed by atoms with E-state index in [1.54, 1.807) is 30.2 Å². The molecular weight excluding hydrogens is 531 g/mol. The first kappa shape index (κ1) is 24.3. The number of rotatable bonds is 7.